The molecule has 2 saturated carbocycles. The Hall–Kier alpha value is 0.200. The number of hydrogen-bond acceptors (Lipinski definition) is 1. The molecule has 2 rings (SSSR count). The van der Waals surface area contributed by atoms with Gasteiger partial charge in [0.1, 0.15) is 0 Å². The summed E-state index contributed by atoms with van der Waals surface area (Å²) in [4.78, 5) is 13.1. The van der Waals surface area contributed by atoms with Gasteiger partial charge in [-0.2, -0.15) is 0 Å². The lowest BCUT2D eigenvalue weighted by molar-refractivity contribution is -0.126. The summed E-state index contributed by atoms with van der Waals surface area (Å²) in [6, 6.07) is 0.409. The summed E-state index contributed by atoms with van der Waals surface area (Å²) in [7, 11) is 0. The SMILES string of the molecule is CC1CCCC(NC(=O)C2CCCCCC(I)CC(C)CC2)CC(C)CC1. The Kier molecular flexibility index (Phi) is 11.0. The average Bonchev–Trinajstić information content (AvgIpc) is 2.65. The van der Waals surface area contributed by atoms with Crippen molar-refractivity contribution in [2.45, 2.75) is 121 Å². The van der Waals surface area contributed by atoms with Crippen molar-refractivity contribution in [2.24, 2.45) is 23.7 Å². The summed E-state index contributed by atoms with van der Waals surface area (Å²) in [5.41, 5.74) is 0. The first kappa shape index (κ1) is 23.5. The van der Waals surface area contributed by atoms with Gasteiger partial charge in [0.15, 0.2) is 0 Å². The second-order valence-corrected chi connectivity index (χ2v) is 11.8. The number of hydrogen-bond donors (Lipinski definition) is 1. The van der Waals surface area contributed by atoms with Crippen LogP contribution in [0.2, 0.25) is 0 Å². The van der Waals surface area contributed by atoms with Crippen molar-refractivity contribution in [2.75, 3.05) is 0 Å². The molecule has 3 heteroatoms. The van der Waals surface area contributed by atoms with Gasteiger partial charge < -0.3 is 5.32 Å². The van der Waals surface area contributed by atoms with Gasteiger partial charge in [-0.25, -0.2) is 0 Å². The topological polar surface area (TPSA) is 29.1 Å². The fourth-order valence-corrected chi connectivity index (χ4v) is 6.40. The lowest BCUT2D eigenvalue weighted by Crippen LogP contribution is -2.40. The molecule has 0 aromatic heterocycles. The third kappa shape index (κ3) is 9.49. The minimum absolute atomic E-state index is 0.250. The Bertz CT molecular complexity index is 427. The van der Waals surface area contributed by atoms with Gasteiger partial charge in [-0.15, -0.1) is 0 Å². The highest BCUT2D eigenvalue weighted by atomic mass is 127. The first-order chi connectivity index (χ1) is 12.9. The van der Waals surface area contributed by atoms with Crippen LogP contribution in [-0.2, 0) is 4.79 Å². The normalized spacial score (nSPS) is 37.9. The molecule has 6 atom stereocenters. The molecule has 0 spiro atoms. The minimum atomic E-state index is 0.250. The molecule has 0 bridgehead atoms. The van der Waals surface area contributed by atoms with Gasteiger partial charge in [0.2, 0.25) is 5.91 Å². The lowest BCUT2D eigenvalue weighted by Gasteiger charge is -2.25. The molecule has 0 aromatic carbocycles. The van der Waals surface area contributed by atoms with Crippen LogP contribution in [0.1, 0.15) is 111 Å². The molecule has 158 valence electrons. The van der Waals surface area contributed by atoms with Crippen LogP contribution in [0, 0.1) is 23.7 Å². The minimum Gasteiger partial charge on any atom is -0.353 e. The van der Waals surface area contributed by atoms with Gasteiger partial charge in [-0.1, -0.05) is 88.3 Å². The Morgan fingerprint density at radius 3 is 2.19 bits per heavy atom. The fraction of sp³-hybridized carbons (Fsp3) is 0.958. The standard InChI is InChI=1S/C24H44INO/c1-18-8-7-11-23(17-20(3)13-12-18)26-24(27)21-9-5-4-6-10-22(25)16-19(2)14-15-21/h18-23H,4-17H2,1-3H3,(H,26,27). The van der Waals surface area contributed by atoms with E-state index >= 15 is 0 Å². The molecular formula is C24H44INO. The summed E-state index contributed by atoms with van der Waals surface area (Å²) in [6.45, 7) is 7.17. The van der Waals surface area contributed by atoms with Crippen LogP contribution in [0.3, 0.4) is 0 Å². The average molecular weight is 490 g/mol. The van der Waals surface area contributed by atoms with E-state index in [1.807, 2.05) is 0 Å². The van der Waals surface area contributed by atoms with Gasteiger partial charge in [-0.05, 0) is 62.7 Å². The van der Waals surface area contributed by atoms with Crippen molar-refractivity contribution in [3.05, 3.63) is 0 Å². The lowest BCUT2D eigenvalue weighted by atomic mass is 9.90. The fourth-order valence-electron chi connectivity index (χ4n) is 5.10. The van der Waals surface area contributed by atoms with Crippen molar-refractivity contribution in [1.82, 2.24) is 5.32 Å². The van der Waals surface area contributed by atoms with Crippen LogP contribution < -0.4 is 5.32 Å². The Morgan fingerprint density at radius 2 is 1.37 bits per heavy atom. The molecule has 0 saturated heterocycles. The predicted molar refractivity (Wildman–Crippen MR) is 125 cm³/mol. The highest BCUT2D eigenvalue weighted by molar-refractivity contribution is 14.1. The summed E-state index contributed by atoms with van der Waals surface area (Å²) in [5, 5.41) is 3.51. The van der Waals surface area contributed by atoms with Crippen LogP contribution in [0.25, 0.3) is 0 Å². The van der Waals surface area contributed by atoms with Gasteiger partial charge in [0.05, 0.1) is 0 Å². The van der Waals surface area contributed by atoms with Crippen LogP contribution >= 0.6 is 22.6 Å². The van der Waals surface area contributed by atoms with Crippen LogP contribution in [-0.4, -0.2) is 15.9 Å². The highest BCUT2D eigenvalue weighted by Crippen LogP contribution is 2.29. The molecule has 0 radical (unpaired) electrons. The maximum absolute atomic E-state index is 13.1. The summed E-state index contributed by atoms with van der Waals surface area (Å²) >= 11 is 2.65. The monoisotopic (exact) mass is 489 g/mol. The zero-order valence-electron chi connectivity index (χ0n) is 18.1. The highest BCUT2D eigenvalue weighted by Gasteiger charge is 2.25. The molecule has 0 aliphatic heterocycles. The molecule has 2 aliphatic carbocycles. The molecule has 27 heavy (non-hydrogen) atoms. The number of amides is 1. The van der Waals surface area contributed by atoms with E-state index in [2.05, 4.69) is 48.7 Å². The first-order valence-corrected chi connectivity index (χ1v) is 13.1. The summed E-state index contributed by atoms with van der Waals surface area (Å²) in [5.74, 6) is 2.97. The van der Waals surface area contributed by atoms with Crippen LogP contribution in [0.15, 0.2) is 0 Å². The van der Waals surface area contributed by atoms with Crippen molar-refractivity contribution < 1.29 is 4.79 Å². The number of carbonyl (C=O) groups excluding carboxylic acids is 1. The maximum atomic E-state index is 13.1. The maximum Gasteiger partial charge on any atom is 0.223 e. The van der Waals surface area contributed by atoms with E-state index in [1.165, 1.54) is 77.0 Å². The predicted octanol–water partition coefficient (Wildman–Crippen LogP) is 7.29. The van der Waals surface area contributed by atoms with E-state index in [0.717, 1.165) is 34.5 Å². The zero-order chi connectivity index (χ0) is 19.6. The van der Waals surface area contributed by atoms with Gasteiger partial charge in [-0.3, -0.25) is 4.79 Å². The third-order valence-corrected chi connectivity index (χ3v) is 8.17. The second kappa shape index (κ2) is 12.7. The number of rotatable bonds is 2. The van der Waals surface area contributed by atoms with E-state index in [-0.39, 0.29) is 5.92 Å². The Balaban J connectivity index is 1.90. The third-order valence-electron chi connectivity index (χ3n) is 7.04. The number of halogens is 1. The Labute approximate surface area is 182 Å². The molecule has 2 nitrogen and oxygen atoms in total. The van der Waals surface area contributed by atoms with E-state index in [4.69, 9.17) is 0 Å². The smallest absolute Gasteiger partial charge is 0.223 e. The largest absolute Gasteiger partial charge is 0.353 e. The molecule has 2 aliphatic rings. The van der Waals surface area contributed by atoms with Gasteiger partial charge in [0.25, 0.3) is 0 Å². The van der Waals surface area contributed by atoms with Crippen molar-refractivity contribution in [3.63, 3.8) is 0 Å². The van der Waals surface area contributed by atoms with Gasteiger partial charge >= 0.3 is 0 Å². The number of nitrogens with one attached hydrogen (secondary N) is 1. The quantitative estimate of drug-likeness (QED) is 0.320. The molecule has 6 unspecified atom stereocenters. The molecule has 2 fully saturated rings. The van der Waals surface area contributed by atoms with Crippen molar-refractivity contribution in [3.8, 4) is 0 Å². The number of alkyl halides is 1. The van der Waals surface area contributed by atoms with Crippen molar-refractivity contribution in [1.29, 1.82) is 0 Å². The van der Waals surface area contributed by atoms with E-state index in [0.29, 0.717) is 11.9 Å². The Morgan fingerprint density at radius 1 is 0.704 bits per heavy atom. The molecule has 1 N–H and O–H groups in total. The van der Waals surface area contributed by atoms with Crippen LogP contribution in [0.5, 0.6) is 0 Å². The molecule has 0 aromatic rings. The van der Waals surface area contributed by atoms with Crippen LogP contribution in [0.4, 0.5) is 0 Å². The second-order valence-electron chi connectivity index (χ2n) is 10.0. The first-order valence-electron chi connectivity index (χ1n) is 11.9. The molecular weight excluding hydrogens is 445 g/mol. The number of carbonyl (C=O) groups is 1. The van der Waals surface area contributed by atoms with E-state index < -0.39 is 0 Å². The van der Waals surface area contributed by atoms with Gasteiger partial charge in [0, 0.05) is 15.9 Å². The summed E-state index contributed by atoms with van der Waals surface area (Å²) in [6.07, 6.45) is 17.6. The zero-order valence-corrected chi connectivity index (χ0v) is 20.3. The van der Waals surface area contributed by atoms with E-state index in [1.54, 1.807) is 0 Å². The van der Waals surface area contributed by atoms with E-state index in [9.17, 15) is 4.79 Å². The van der Waals surface area contributed by atoms with Crippen molar-refractivity contribution >= 4 is 28.5 Å². The summed E-state index contributed by atoms with van der Waals surface area (Å²) < 4.78 is 0.825. The molecule has 0 heterocycles. The molecule has 1 amide bonds.